The van der Waals surface area contributed by atoms with E-state index in [1.165, 1.54) is 24.3 Å². The summed E-state index contributed by atoms with van der Waals surface area (Å²) in [4.78, 5) is 51.7. The lowest BCUT2D eigenvalue weighted by molar-refractivity contribution is 0.0831. The summed E-state index contributed by atoms with van der Waals surface area (Å²) >= 11 is 0. The SMILES string of the molecule is CC1C2CC[C@@H](CNC(=O)c3cccc(c3)C(=O)NC[C@H]3C(F)=C(F)C(=CC3F)CNC(=O)c3cccc(c3)C(=O)NC2)C1C. The van der Waals surface area contributed by atoms with Crippen molar-refractivity contribution in [3.8, 4) is 0 Å². The molecule has 0 saturated heterocycles. The van der Waals surface area contributed by atoms with E-state index in [0.717, 1.165) is 18.9 Å². The maximum Gasteiger partial charge on any atom is 0.251 e. The van der Waals surface area contributed by atoms with E-state index in [9.17, 15) is 32.3 Å². The second-order valence-electron chi connectivity index (χ2n) is 12.2. The van der Waals surface area contributed by atoms with Crippen molar-refractivity contribution in [2.24, 2.45) is 29.6 Å². The van der Waals surface area contributed by atoms with E-state index in [0.29, 0.717) is 13.1 Å². The second-order valence-corrected chi connectivity index (χ2v) is 12.2. The van der Waals surface area contributed by atoms with E-state index in [1.807, 2.05) is 0 Å². The molecule has 2 aromatic rings. The minimum Gasteiger partial charge on any atom is -0.352 e. The summed E-state index contributed by atoms with van der Waals surface area (Å²) in [6.45, 7) is 4.17. The number of hydrogen-bond donors (Lipinski definition) is 4. The number of benzene rings is 2. The third kappa shape index (κ3) is 7.13. The highest BCUT2D eigenvalue weighted by Crippen LogP contribution is 2.38. The molecule has 4 N–H and O–H groups in total. The second kappa shape index (κ2) is 13.7. The fourth-order valence-corrected chi connectivity index (χ4v) is 6.40. The Balaban J connectivity index is 1.38. The first-order valence-corrected chi connectivity index (χ1v) is 15.3. The van der Waals surface area contributed by atoms with E-state index in [2.05, 4.69) is 35.1 Å². The molecule has 8 rings (SSSR count). The van der Waals surface area contributed by atoms with Crippen LogP contribution in [0.25, 0.3) is 0 Å². The van der Waals surface area contributed by atoms with Gasteiger partial charge in [-0.3, -0.25) is 19.2 Å². The van der Waals surface area contributed by atoms with Crippen LogP contribution in [0, 0.1) is 29.6 Å². The molecule has 45 heavy (non-hydrogen) atoms. The summed E-state index contributed by atoms with van der Waals surface area (Å²) in [5, 5.41) is 10.8. The number of carbonyl (C=O) groups is 4. The van der Waals surface area contributed by atoms with Gasteiger partial charge in [-0.25, -0.2) is 13.2 Å². The van der Waals surface area contributed by atoms with Crippen LogP contribution in [0.4, 0.5) is 13.2 Å². The molecule has 8 bridgehead atoms. The molecule has 6 atom stereocenters. The predicted molar refractivity (Wildman–Crippen MR) is 162 cm³/mol. The highest BCUT2D eigenvalue weighted by Gasteiger charge is 2.35. The van der Waals surface area contributed by atoms with Crippen molar-refractivity contribution >= 4 is 23.6 Å². The van der Waals surface area contributed by atoms with Gasteiger partial charge in [0.05, 0.1) is 5.92 Å². The lowest BCUT2D eigenvalue weighted by Crippen LogP contribution is -2.42. The van der Waals surface area contributed by atoms with Crippen molar-refractivity contribution in [1.82, 2.24) is 21.3 Å². The van der Waals surface area contributed by atoms with Crippen molar-refractivity contribution in [2.75, 3.05) is 26.2 Å². The number of alkyl halides is 1. The Bertz CT molecular complexity index is 1560. The minimum absolute atomic E-state index is 0.118. The Morgan fingerprint density at radius 1 is 0.644 bits per heavy atom. The molecule has 4 unspecified atom stereocenters. The van der Waals surface area contributed by atoms with Crippen molar-refractivity contribution in [3.05, 3.63) is 94.1 Å². The molecule has 1 fully saturated rings. The van der Waals surface area contributed by atoms with Crippen LogP contribution in [0.3, 0.4) is 0 Å². The first-order chi connectivity index (χ1) is 21.5. The van der Waals surface area contributed by atoms with Crippen molar-refractivity contribution in [1.29, 1.82) is 0 Å². The molecule has 8 nitrogen and oxygen atoms in total. The van der Waals surface area contributed by atoms with Crippen LogP contribution in [-0.4, -0.2) is 56.0 Å². The molecular weight excluding hydrogens is 585 g/mol. The molecule has 4 heterocycles. The van der Waals surface area contributed by atoms with Crippen molar-refractivity contribution in [3.63, 3.8) is 0 Å². The maximum atomic E-state index is 15.0. The fraction of sp³-hybridized carbons (Fsp3) is 0.412. The Kier molecular flexibility index (Phi) is 9.74. The summed E-state index contributed by atoms with van der Waals surface area (Å²) in [7, 11) is 0. The molecule has 6 aliphatic rings. The van der Waals surface area contributed by atoms with Gasteiger partial charge in [0, 0.05) is 54.0 Å². The zero-order valence-corrected chi connectivity index (χ0v) is 25.2. The molecule has 11 heteroatoms. The molecule has 1 saturated carbocycles. The molecule has 0 radical (unpaired) electrons. The monoisotopic (exact) mass is 622 g/mol. The van der Waals surface area contributed by atoms with Gasteiger partial charge >= 0.3 is 0 Å². The summed E-state index contributed by atoms with van der Waals surface area (Å²) in [5.74, 6) is -5.29. The first kappa shape index (κ1) is 32.0. The Labute approximate surface area is 259 Å². The zero-order valence-electron chi connectivity index (χ0n) is 25.2. The van der Waals surface area contributed by atoms with E-state index in [-0.39, 0.29) is 63.3 Å². The Morgan fingerprint density at radius 2 is 1.07 bits per heavy atom. The number of allylic oxidation sites excluding steroid dienone is 1. The molecule has 4 aliphatic heterocycles. The Hall–Kier alpha value is -4.41. The summed E-state index contributed by atoms with van der Waals surface area (Å²) < 4.78 is 44.9. The van der Waals surface area contributed by atoms with Crippen LogP contribution >= 0.6 is 0 Å². The average molecular weight is 623 g/mol. The van der Waals surface area contributed by atoms with E-state index in [1.54, 1.807) is 24.3 Å². The largest absolute Gasteiger partial charge is 0.352 e. The molecule has 0 aromatic heterocycles. The van der Waals surface area contributed by atoms with Gasteiger partial charge in [0.2, 0.25) is 0 Å². The number of hydrogen-bond acceptors (Lipinski definition) is 4. The molecule has 0 spiro atoms. The standard InChI is InChI=1S/C34H37F3N4O4/c1-18-19(2)25-10-9-24(18)14-38-31(42)20-5-3-7-22(11-20)33(44)40-16-26-13-28(35)27(30(37)29(26)36)17-41-34(45)23-8-4-6-21(12-23)32(43)39-15-25/h3-8,11-13,18-19,24-25,27-28H,9-10,14-17H2,1-2H3,(H,38,42)(H,39,43)(H,40,44)(H,41,45)/t18?,19?,24?,25-,27+,28?/m0/s1. The van der Waals surface area contributed by atoms with Gasteiger partial charge in [0.15, 0.2) is 5.83 Å². The molecule has 238 valence electrons. The van der Waals surface area contributed by atoms with Crippen molar-refractivity contribution < 1.29 is 32.3 Å². The highest BCUT2D eigenvalue weighted by molar-refractivity contribution is 6.00. The zero-order chi connectivity index (χ0) is 32.2. The number of nitrogens with one attached hydrogen (secondary N) is 4. The van der Waals surface area contributed by atoms with Crippen LogP contribution in [-0.2, 0) is 0 Å². The van der Waals surface area contributed by atoms with Gasteiger partial charge < -0.3 is 21.3 Å². The maximum absolute atomic E-state index is 15.0. The van der Waals surface area contributed by atoms with Gasteiger partial charge in [-0.15, -0.1) is 0 Å². The average Bonchev–Trinajstić information content (AvgIpc) is 3.05. The van der Waals surface area contributed by atoms with Crippen LogP contribution in [0.15, 0.2) is 71.8 Å². The van der Waals surface area contributed by atoms with E-state index >= 15 is 0 Å². The van der Waals surface area contributed by atoms with Crippen LogP contribution in [0.2, 0.25) is 0 Å². The van der Waals surface area contributed by atoms with Crippen molar-refractivity contribution in [2.45, 2.75) is 32.9 Å². The number of halogens is 3. The van der Waals surface area contributed by atoms with E-state index < -0.39 is 48.6 Å². The van der Waals surface area contributed by atoms with E-state index in [4.69, 9.17) is 0 Å². The summed E-state index contributed by atoms with van der Waals surface area (Å²) in [5.41, 5.74) is 0.415. The van der Waals surface area contributed by atoms with Gasteiger partial charge in [-0.05, 0) is 79.0 Å². The molecular formula is C34H37F3N4O4. The van der Waals surface area contributed by atoms with Gasteiger partial charge in [-0.1, -0.05) is 26.0 Å². The summed E-state index contributed by atoms with van der Waals surface area (Å²) in [6.07, 6.45) is 0.638. The predicted octanol–water partition coefficient (Wildman–Crippen LogP) is 4.66. The molecule has 2 aromatic carbocycles. The third-order valence-corrected chi connectivity index (χ3v) is 9.53. The molecule has 2 aliphatic carbocycles. The smallest absolute Gasteiger partial charge is 0.251 e. The van der Waals surface area contributed by atoms with Crippen LogP contribution < -0.4 is 21.3 Å². The van der Waals surface area contributed by atoms with Crippen LogP contribution in [0.5, 0.6) is 0 Å². The lowest BCUT2D eigenvalue weighted by Gasteiger charge is -2.40. The number of rotatable bonds is 0. The minimum atomic E-state index is -1.97. The third-order valence-electron chi connectivity index (χ3n) is 9.53. The lowest BCUT2D eigenvalue weighted by atomic mass is 9.68. The first-order valence-electron chi connectivity index (χ1n) is 15.3. The Morgan fingerprint density at radius 3 is 1.53 bits per heavy atom. The quantitative estimate of drug-likeness (QED) is 0.342. The topological polar surface area (TPSA) is 116 Å². The summed E-state index contributed by atoms with van der Waals surface area (Å²) in [6, 6.07) is 12.0. The molecule has 4 amide bonds. The number of carbonyl (C=O) groups excluding carboxylic acids is 4. The normalized spacial score (nSPS) is 28.5. The van der Waals surface area contributed by atoms with Gasteiger partial charge in [-0.2, -0.15) is 0 Å². The number of amides is 4. The van der Waals surface area contributed by atoms with Gasteiger partial charge in [0.25, 0.3) is 23.6 Å². The van der Waals surface area contributed by atoms with Gasteiger partial charge in [0.1, 0.15) is 12.0 Å². The highest BCUT2D eigenvalue weighted by atomic mass is 19.2. The fourth-order valence-electron chi connectivity index (χ4n) is 6.40. The van der Waals surface area contributed by atoms with Crippen LogP contribution in [0.1, 0.15) is 68.1 Å².